The maximum Gasteiger partial charge on any atom is 0.391 e. The minimum atomic E-state index is -4.06. The molecule has 0 amide bonds. The SMILES string of the molecule is NC(c1sccc1Cl)C1CCC(C(F)(F)F)CC1. The van der Waals surface area contributed by atoms with Crippen LogP contribution in [0.5, 0.6) is 0 Å². The minimum Gasteiger partial charge on any atom is -0.323 e. The molecule has 18 heavy (non-hydrogen) atoms. The largest absolute Gasteiger partial charge is 0.391 e. The highest BCUT2D eigenvalue weighted by Crippen LogP contribution is 2.44. The van der Waals surface area contributed by atoms with Crippen LogP contribution in [0.25, 0.3) is 0 Å². The monoisotopic (exact) mass is 297 g/mol. The number of hydrogen-bond acceptors (Lipinski definition) is 2. The molecule has 1 fully saturated rings. The maximum atomic E-state index is 12.6. The predicted octanol–water partition coefficient (Wildman–Crippen LogP) is 4.77. The zero-order chi connectivity index (χ0) is 13.3. The molecule has 102 valence electrons. The lowest BCUT2D eigenvalue weighted by Crippen LogP contribution is -2.31. The summed E-state index contributed by atoms with van der Waals surface area (Å²) in [6.07, 6.45) is -2.63. The molecule has 0 aliphatic heterocycles. The van der Waals surface area contributed by atoms with E-state index in [4.69, 9.17) is 17.3 Å². The number of nitrogens with two attached hydrogens (primary N) is 1. The topological polar surface area (TPSA) is 26.0 Å². The molecule has 0 saturated heterocycles. The fourth-order valence-electron chi connectivity index (χ4n) is 2.56. The second-order valence-corrected chi connectivity index (χ2v) is 6.17. The predicted molar refractivity (Wildman–Crippen MR) is 67.8 cm³/mol. The molecule has 1 aliphatic rings. The molecule has 2 rings (SSSR count). The van der Waals surface area contributed by atoms with Gasteiger partial charge in [-0.15, -0.1) is 11.3 Å². The molecule has 0 aromatic carbocycles. The molecular formula is C12H15ClF3NS. The molecule has 1 aromatic heterocycles. The second kappa shape index (κ2) is 5.39. The van der Waals surface area contributed by atoms with Crippen molar-refractivity contribution in [3.63, 3.8) is 0 Å². The van der Waals surface area contributed by atoms with Crippen molar-refractivity contribution in [1.82, 2.24) is 0 Å². The van der Waals surface area contributed by atoms with Gasteiger partial charge < -0.3 is 5.73 Å². The van der Waals surface area contributed by atoms with E-state index in [-0.39, 0.29) is 24.8 Å². The molecule has 1 aliphatic carbocycles. The van der Waals surface area contributed by atoms with Crippen LogP contribution in [0.3, 0.4) is 0 Å². The third-order valence-corrected chi connectivity index (χ3v) is 5.15. The summed E-state index contributed by atoms with van der Waals surface area (Å²) in [6, 6.07) is 1.55. The summed E-state index contributed by atoms with van der Waals surface area (Å²) in [7, 11) is 0. The number of rotatable bonds is 2. The van der Waals surface area contributed by atoms with Gasteiger partial charge in [-0.3, -0.25) is 0 Å². The van der Waals surface area contributed by atoms with Crippen molar-refractivity contribution in [1.29, 1.82) is 0 Å². The van der Waals surface area contributed by atoms with Gasteiger partial charge in [0, 0.05) is 10.9 Å². The van der Waals surface area contributed by atoms with E-state index in [1.54, 1.807) is 6.07 Å². The standard InChI is InChI=1S/C12H15ClF3NS/c13-9-5-6-18-11(9)10(17)7-1-3-8(4-2-7)12(14,15)16/h5-8,10H,1-4,17H2. The van der Waals surface area contributed by atoms with Crippen LogP contribution in [-0.4, -0.2) is 6.18 Å². The van der Waals surface area contributed by atoms with Crippen LogP contribution in [0.15, 0.2) is 11.4 Å². The molecule has 1 unspecified atom stereocenters. The normalized spacial score (nSPS) is 27.2. The first-order chi connectivity index (χ1) is 8.39. The van der Waals surface area contributed by atoms with Crippen molar-refractivity contribution >= 4 is 22.9 Å². The van der Waals surface area contributed by atoms with Crippen molar-refractivity contribution in [2.45, 2.75) is 37.9 Å². The number of alkyl halides is 3. The molecule has 1 nitrogen and oxygen atoms in total. The zero-order valence-corrected chi connectivity index (χ0v) is 11.3. The van der Waals surface area contributed by atoms with Crippen molar-refractivity contribution in [2.24, 2.45) is 17.6 Å². The number of halogens is 4. The Morgan fingerprint density at radius 1 is 1.28 bits per heavy atom. The molecule has 2 N–H and O–H groups in total. The fourth-order valence-corrected chi connectivity index (χ4v) is 3.84. The van der Waals surface area contributed by atoms with Crippen LogP contribution < -0.4 is 5.73 Å². The van der Waals surface area contributed by atoms with Gasteiger partial charge in [0.05, 0.1) is 10.9 Å². The van der Waals surface area contributed by atoms with Gasteiger partial charge in [0.2, 0.25) is 0 Å². The van der Waals surface area contributed by atoms with Gasteiger partial charge in [-0.2, -0.15) is 13.2 Å². The van der Waals surface area contributed by atoms with Crippen LogP contribution >= 0.6 is 22.9 Å². The first kappa shape index (κ1) is 14.2. The summed E-state index contributed by atoms with van der Waals surface area (Å²) >= 11 is 7.48. The first-order valence-corrected chi connectivity index (χ1v) is 7.20. The molecule has 6 heteroatoms. The van der Waals surface area contributed by atoms with E-state index in [0.29, 0.717) is 17.9 Å². The smallest absolute Gasteiger partial charge is 0.323 e. The van der Waals surface area contributed by atoms with Crippen LogP contribution in [0.2, 0.25) is 5.02 Å². The average Bonchev–Trinajstić information content (AvgIpc) is 2.73. The molecule has 0 spiro atoms. The Morgan fingerprint density at radius 2 is 1.89 bits per heavy atom. The third-order valence-electron chi connectivity index (χ3n) is 3.69. The summed E-state index contributed by atoms with van der Waals surface area (Å²) in [5.74, 6) is -1.04. The molecule has 1 atom stereocenters. The lowest BCUT2D eigenvalue weighted by Gasteiger charge is -2.32. The number of hydrogen-bond donors (Lipinski definition) is 1. The van der Waals surface area contributed by atoms with Crippen molar-refractivity contribution in [2.75, 3.05) is 0 Å². The average molecular weight is 298 g/mol. The molecule has 1 heterocycles. The fraction of sp³-hybridized carbons (Fsp3) is 0.667. The van der Waals surface area contributed by atoms with Gasteiger partial charge in [-0.1, -0.05) is 11.6 Å². The molecule has 0 radical (unpaired) electrons. The molecule has 1 saturated carbocycles. The Bertz CT molecular complexity index is 396. The van der Waals surface area contributed by atoms with Crippen molar-refractivity contribution < 1.29 is 13.2 Å². The second-order valence-electron chi connectivity index (χ2n) is 4.81. The third kappa shape index (κ3) is 3.00. The summed E-state index contributed by atoms with van der Waals surface area (Å²) in [6.45, 7) is 0. The van der Waals surface area contributed by atoms with E-state index in [2.05, 4.69) is 0 Å². The van der Waals surface area contributed by atoms with E-state index in [9.17, 15) is 13.2 Å². The van der Waals surface area contributed by atoms with Gasteiger partial charge in [-0.25, -0.2) is 0 Å². The van der Waals surface area contributed by atoms with Crippen LogP contribution in [-0.2, 0) is 0 Å². The minimum absolute atomic E-state index is 0.111. The van der Waals surface area contributed by atoms with Crippen LogP contribution in [0.1, 0.15) is 36.6 Å². The van der Waals surface area contributed by atoms with Gasteiger partial charge in [0.1, 0.15) is 0 Å². The summed E-state index contributed by atoms with van der Waals surface area (Å²) in [5, 5.41) is 2.49. The van der Waals surface area contributed by atoms with Gasteiger partial charge >= 0.3 is 6.18 Å². The maximum absolute atomic E-state index is 12.6. The Morgan fingerprint density at radius 3 is 2.33 bits per heavy atom. The van der Waals surface area contributed by atoms with E-state index in [0.717, 1.165) is 4.88 Å². The van der Waals surface area contributed by atoms with Crippen LogP contribution in [0.4, 0.5) is 13.2 Å². The van der Waals surface area contributed by atoms with Gasteiger partial charge in [0.25, 0.3) is 0 Å². The highest BCUT2D eigenvalue weighted by atomic mass is 35.5. The van der Waals surface area contributed by atoms with Crippen molar-refractivity contribution in [3.8, 4) is 0 Å². The molecule has 1 aromatic rings. The van der Waals surface area contributed by atoms with E-state index >= 15 is 0 Å². The Kier molecular flexibility index (Phi) is 4.24. The Balaban J connectivity index is 1.96. The molecular weight excluding hydrogens is 283 g/mol. The Labute approximate surface area is 113 Å². The van der Waals surface area contributed by atoms with E-state index < -0.39 is 12.1 Å². The van der Waals surface area contributed by atoms with E-state index in [1.807, 2.05) is 5.38 Å². The van der Waals surface area contributed by atoms with E-state index in [1.165, 1.54) is 11.3 Å². The Hall–Kier alpha value is -0.260. The van der Waals surface area contributed by atoms with Gasteiger partial charge in [-0.05, 0) is 43.0 Å². The van der Waals surface area contributed by atoms with Gasteiger partial charge in [0.15, 0.2) is 0 Å². The lowest BCUT2D eigenvalue weighted by atomic mass is 9.78. The summed E-state index contributed by atoms with van der Waals surface area (Å²) < 4.78 is 37.7. The molecule has 0 bridgehead atoms. The highest BCUT2D eigenvalue weighted by molar-refractivity contribution is 7.10. The quantitative estimate of drug-likeness (QED) is 0.836. The number of thiophene rings is 1. The highest BCUT2D eigenvalue weighted by Gasteiger charge is 2.42. The summed E-state index contributed by atoms with van der Waals surface area (Å²) in [4.78, 5) is 0.895. The van der Waals surface area contributed by atoms with Crippen molar-refractivity contribution in [3.05, 3.63) is 21.3 Å². The lowest BCUT2D eigenvalue weighted by molar-refractivity contribution is -0.184. The van der Waals surface area contributed by atoms with Crippen LogP contribution in [0, 0.1) is 11.8 Å². The summed E-state index contributed by atoms with van der Waals surface area (Å²) in [5.41, 5.74) is 6.11. The first-order valence-electron chi connectivity index (χ1n) is 5.94. The zero-order valence-electron chi connectivity index (χ0n) is 9.71.